The lowest BCUT2D eigenvalue weighted by Gasteiger charge is -2.00. The lowest BCUT2D eigenvalue weighted by atomic mass is 10.1. The highest BCUT2D eigenvalue weighted by Crippen LogP contribution is 2.10. The van der Waals surface area contributed by atoms with Crippen molar-refractivity contribution in [1.82, 2.24) is 0 Å². The molecule has 5 heteroatoms. The second-order valence-corrected chi connectivity index (χ2v) is 2.90. The van der Waals surface area contributed by atoms with Gasteiger partial charge in [-0.25, -0.2) is 8.78 Å². The SMILES string of the molecule is O/N=C(\CBr)c1cc(F)cc(F)c1. The standard InChI is InChI=1S/C8H6BrF2NO/c9-4-8(12-13)5-1-6(10)3-7(11)2-5/h1-3,13H,4H2/b12-8+. The Bertz CT molecular complexity index is 321. The molecule has 1 aromatic carbocycles. The van der Waals surface area contributed by atoms with Gasteiger partial charge in [-0.2, -0.15) is 0 Å². The molecule has 0 radical (unpaired) electrons. The zero-order chi connectivity index (χ0) is 9.84. The summed E-state index contributed by atoms with van der Waals surface area (Å²) in [6.07, 6.45) is 0. The molecule has 0 saturated carbocycles. The summed E-state index contributed by atoms with van der Waals surface area (Å²) in [7, 11) is 0. The van der Waals surface area contributed by atoms with E-state index >= 15 is 0 Å². The fraction of sp³-hybridized carbons (Fsp3) is 0.125. The van der Waals surface area contributed by atoms with Crippen molar-refractivity contribution < 1.29 is 14.0 Å². The number of rotatable bonds is 2. The number of hydrogen-bond donors (Lipinski definition) is 1. The maximum absolute atomic E-state index is 12.7. The molecule has 0 heterocycles. The molecule has 1 N–H and O–H groups in total. The van der Waals surface area contributed by atoms with E-state index in [0.717, 1.165) is 18.2 Å². The predicted octanol–water partition coefficient (Wildman–Crippen LogP) is 2.54. The molecule has 70 valence electrons. The molecule has 0 spiro atoms. The third-order valence-corrected chi connectivity index (χ3v) is 1.97. The monoisotopic (exact) mass is 249 g/mol. The van der Waals surface area contributed by atoms with Gasteiger partial charge in [-0.05, 0) is 12.1 Å². The highest BCUT2D eigenvalue weighted by Gasteiger charge is 2.06. The van der Waals surface area contributed by atoms with Crippen LogP contribution in [0.3, 0.4) is 0 Å². The first-order valence-electron chi connectivity index (χ1n) is 3.40. The average molecular weight is 250 g/mol. The Labute approximate surface area is 82.0 Å². The van der Waals surface area contributed by atoms with Crippen LogP contribution in [0.25, 0.3) is 0 Å². The van der Waals surface area contributed by atoms with Crippen LogP contribution in [0.5, 0.6) is 0 Å². The van der Waals surface area contributed by atoms with Crippen LogP contribution in [0, 0.1) is 11.6 Å². The molecule has 0 aliphatic carbocycles. The van der Waals surface area contributed by atoms with Crippen molar-refractivity contribution in [1.29, 1.82) is 0 Å². The molecule has 1 rings (SSSR count). The van der Waals surface area contributed by atoms with E-state index in [2.05, 4.69) is 21.1 Å². The molecular formula is C8H6BrF2NO. The zero-order valence-electron chi connectivity index (χ0n) is 6.47. The van der Waals surface area contributed by atoms with Crippen LogP contribution in [0.1, 0.15) is 5.56 Å². The van der Waals surface area contributed by atoms with Crippen LogP contribution in [-0.4, -0.2) is 16.2 Å². The van der Waals surface area contributed by atoms with E-state index in [1.807, 2.05) is 0 Å². The van der Waals surface area contributed by atoms with Gasteiger partial charge in [-0.1, -0.05) is 21.1 Å². The number of nitrogens with zero attached hydrogens (tertiary/aromatic N) is 1. The van der Waals surface area contributed by atoms with Crippen LogP contribution in [0.4, 0.5) is 8.78 Å². The molecule has 0 aromatic heterocycles. The molecule has 0 fully saturated rings. The largest absolute Gasteiger partial charge is 0.411 e. The van der Waals surface area contributed by atoms with E-state index in [0.29, 0.717) is 0 Å². The molecule has 0 unspecified atom stereocenters. The van der Waals surface area contributed by atoms with Crippen molar-refractivity contribution in [3.8, 4) is 0 Å². The van der Waals surface area contributed by atoms with Gasteiger partial charge in [0.05, 0.1) is 5.71 Å². The number of oxime groups is 1. The Morgan fingerprint density at radius 3 is 2.23 bits per heavy atom. The molecule has 0 bridgehead atoms. The van der Waals surface area contributed by atoms with Gasteiger partial charge in [0.1, 0.15) is 11.6 Å². The van der Waals surface area contributed by atoms with Crippen LogP contribution < -0.4 is 0 Å². The molecular weight excluding hydrogens is 244 g/mol. The molecule has 0 saturated heterocycles. The van der Waals surface area contributed by atoms with Gasteiger partial charge in [-0.15, -0.1) is 0 Å². The molecule has 1 aromatic rings. The van der Waals surface area contributed by atoms with E-state index in [4.69, 9.17) is 5.21 Å². The smallest absolute Gasteiger partial charge is 0.126 e. The highest BCUT2D eigenvalue weighted by molar-refractivity contribution is 9.09. The summed E-state index contributed by atoms with van der Waals surface area (Å²) >= 11 is 3.03. The van der Waals surface area contributed by atoms with E-state index in [1.165, 1.54) is 0 Å². The van der Waals surface area contributed by atoms with Crippen LogP contribution in [0.2, 0.25) is 0 Å². The molecule has 13 heavy (non-hydrogen) atoms. The minimum atomic E-state index is -0.697. The summed E-state index contributed by atoms with van der Waals surface area (Å²) < 4.78 is 25.3. The lowest BCUT2D eigenvalue weighted by molar-refractivity contribution is 0.319. The van der Waals surface area contributed by atoms with E-state index in [9.17, 15) is 8.78 Å². The molecule has 0 amide bonds. The predicted molar refractivity (Wildman–Crippen MR) is 48.5 cm³/mol. The van der Waals surface area contributed by atoms with E-state index in [-0.39, 0.29) is 16.6 Å². The Hall–Kier alpha value is -0.970. The van der Waals surface area contributed by atoms with Gasteiger partial charge >= 0.3 is 0 Å². The number of benzene rings is 1. The first kappa shape index (κ1) is 10.1. The molecule has 2 nitrogen and oxygen atoms in total. The van der Waals surface area contributed by atoms with Crippen molar-refractivity contribution in [2.45, 2.75) is 0 Å². The molecule has 0 aliphatic heterocycles. The van der Waals surface area contributed by atoms with Crippen molar-refractivity contribution >= 4 is 21.6 Å². The van der Waals surface area contributed by atoms with Crippen molar-refractivity contribution in [2.75, 3.05) is 5.33 Å². The number of halogens is 3. The number of alkyl halides is 1. The van der Waals surface area contributed by atoms with Crippen LogP contribution >= 0.6 is 15.9 Å². The fourth-order valence-corrected chi connectivity index (χ4v) is 1.32. The van der Waals surface area contributed by atoms with Gasteiger partial charge < -0.3 is 5.21 Å². The Kier molecular flexibility index (Phi) is 3.36. The van der Waals surface area contributed by atoms with Crippen molar-refractivity contribution in [2.24, 2.45) is 5.16 Å². The Morgan fingerprint density at radius 1 is 1.31 bits per heavy atom. The zero-order valence-corrected chi connectivity index (χ0v) is 8.05. The third kappa shape index (κ3) is 2.48. The normalized spacial score (nSPS) is 11.8. The number of hydrogen-bond acceptors (Lipinski definition) is 2. The van der Waals surface area contributed by atoms with E-state index < -0.39 is 11.6 Å². The van der Waals surface area contributed by atoms with Gasteiger partial charge in [0.2, 0.25) is 0 Å². The second-order valence-electron chi connectivity index (χ2n) is 2.34. The van der Waals surface area contributed by atoms with E-state index in [1.54, 1.807) is 0 Å². The quantitative estimate of drug-likeness (QED) is 0.372. The van der Waals surface area contributed by atoms with Gasteiger partial charge in [0, 0.05) is 17.0 Å². The summed E-state index contributed by atoms with van der Waals surface area (Å²) in [5, 5.41) is 11.6. The van der Waals surface area contributed by atoms with Crippen LogP contribution in [-0.2, 0) is 0 Å². The Morgan fingerprint density at radius 2 is 1.85 bits per heavy atom. The highest BCUT2D eigenvalue weighted by atomic mass is 79.9. The minimum absolute atomic E-state index is 0.179. The topological polar surface area (TPSA) is 32.6 Å². The van der Waals surface area contributed by atoms with Crippen molar-refractivity contribution in [3.63, 3.8) is 0 Å². The summed E-state index contributed by atoms with van der Waals surface area (Å²) in [4.78, 5) is 0. The van der Waals surface area contributed by atoms with Crippen LogP contribution in [0.15, 0.2) is 23.4 Å². The lowest BCUT2D eigenvalue weighted by Crippen LogP contribution is -2.03. The second kappa shape index (κ2) is 4.32. The fourth-order valence-electron chi connectivity index (χ4n) is 0.882. The molecule has 0 aliphatic rings. The summed E-state index contributed by atoms with van der Waals surface area (Å²) in [5.41, 5.74) is 0.398. The summed E-state index contributed by atoms with van der Waals surface area (Å²) in [5.74, 6) is -1.39. The van der Waals surface area contributed by atoms with Gasteiger partial charge in [0.15, 0.2) is 0 Å². The maximum Gasteiger partial charge on any atom is 0.126 e. The minimum Gasteiger partial charge on any atom is -0.411 e. The van der Waals surface area contributed by atoms with Gasteiger partial charge in [-0.3, -0.25) is 0 Å². The first-order valence-corrected chi connectivity index (χ1v) is 4.53. The Balaban J connectivity index is 3.14. The van der Waals surface area contributed by atoms with Gasteiger partial charge in [0.25, 0.3) is 0 Å². The average Bonchev–Trinajstić information content (AvgIpc) is 2.04. The summed E-state index contributed by atoms with van der Waals surface area (Å²) in [6, 6.07) is 2.95. The maximum atomic E-state index is 12.7. The molecule has 0 atom stereocenters. The first-order chi connectivity index (χ1) is 6.17. The van der Waals surface area contributed by atoms with Crippen molar-refractivity contribution in [3.05, 3.63) is 35.4 Å². The third-order valence-electron chi connectivity index (χ3n) is 1.44. The summed E-state index contributed by atoms with van der Waals surface area (Å²) in [6.45, 7) is 0.